The highest BCUT2D eigenvalue weighted by Crippen LogP contribution is 1.91. The Morgan fingerprint density at radius 3 is 3.00 bits per heavy atom. The van der Waals surface area contributed by atoms with Gasteiger partial charge in [-0.1, -0.05) is 5.21 Å². The van der Waals surface area contributed by atoms with Gasteiger partial charge in [0.2, 0.25) is 0 Å². The van der Waals surface area contributed by atoms with Gasteiger partial charge >= 0.3 is 0 Å². The second kappa shape index (κ2) is 3.31. The van der Waals surface area contributed by atoms with Crippen LogP contribution in [-0.4, -0.2) is 28.7 Å². The molecule has 0 aromatic carbocycles. The third-order valence-corrected chi connectivity index (χ3v) is 1.21. The second-order valence-corrected chi connectivity index (χ2v) is 2.13. The number of hydrogen-bond acceptors (Lipinski definition) is 3. The average Bonchev–Trinajstić information content (AvgIpc) is 2.31. The first-order valence-electron chi connectivity index (χ1n) is 3.17. The first-order chi connectivity index (χ1) is 4.83. The molecular weight excluding hydrogens is 130 g/mol. The van der Waals surface area contributed by atoms with Crippen LogP contribution >= 0.6 is 0 Å². The minimum Gasteiger partial charge on any atom is -0.384 e. The molecule has 0 unspecified atom stereocenters. The van der Waals surface area contributed by atoms with E-state index in [9.17, 15) is 0 Å². The summed E-state index contributed by atoms with van der Waals surface area (Å²) in [6, 6.07) is 0. The second-order valence-electron chi connectivity index (χ2n) is 2.13. The van der Waals surface area contributed by atoms with E-state index >= 15 is 0 Å². The summed E-state index contributed by atoms with van der Waals surface area (Å²) in [7, 11) is 3.53. The number of aryl methyl sites for hydroxylation is 1. The Balaban J connectivity index is 2.42. The van der Waals surface area contributed by atoms with Crippen molar-refractivity contribution < 1.29 is 4.74 Å². The molecule has 0 saturated carbocycles. The van der Waals surface area contributed by atoms with E-state index in [1.807, 2.05) is 13.2 Å². The minimum atomic E-state index is 0.707. The highest BCUT2D eigenvalue weighted by Gasteiger charge is 1.95. The SMILES string of the molecule is COCCc1cn(C)nn1. The monoisotopic (exact) mass is 141 g/mol. The van der Waals surface area contributed by atoms with Crippen LogP contribution in [0.1, 0.15) is 5.69 Å². The Morgan fingerprint density at radius 1 is 1.70 bits per heavy atom. The molecule has 10 heavy (non-hydrogen) atoms. The van der Waals surface area contributed by atoms with Gasteiger partial charge in [0, 0.05) is 26.8 Å². The Bertz CT molecular complexity index is 197. The van der Waals surface area contributed by atoms with E-state index in [0.717, 1.165) is 12.1 Å². The van der Waals surface area contributed by atoms with Crippen molar-refractivity contribution >= 4 is 0 Å². The predicted octanol–water partition coefficient (Wildman–Crippen LogP) is 0.00400. The lowest BCUT2D eigenvalue weighted by Crippen LogP contribution is -1.94. The fourth-order valence-corrected chi connectivity index (χ4v) is 0.716. The van der Waals surface area contributed by atoms with Crippen molar-refractivity contribution in [2.24, 2.45) is 7.05 Å². The first kappa shape index (κ1) is 7.21. The van der Waals surface area contributed by atoms with Crippen LogP contribution in [-0.2, 0) is 18.2 Å². The highest BCUT2D eigenvalue weighted by molar-refractivity contribution is 4.91. The van der Waals surface area contributed by atoms with Crippen LogP contribution in [0.3, 0.4) is 0 Å². The van der Waals surface area contributed by atoms with Gasteiger partial charge in [0.1, 0.15) is 0 Å². The number of methoxy groups -OCH3 is 1. The summed E-state index contributed by atoms with van der Waals surface area (Å²) in [6.07, 6.45) is 2.73. The molecule has 0 amide bonds. The molecule has 0 aliphatic rings. The van der Waals surface area contributed by atoms with Gasteiger partial charge in [-0.05, 0) is 0 Å². The molecule has 4 heteroatoms. The van der Waals surface area contributed by atoms with Crippen molar-refractivity contribution in [1.29, 1.82) is 0 Å². The number of aromatic nitrogens is 3. The van der Waals surface area contributed by atoms with Gasteiger partial charge in [0.05, 0.1) is 12.3 Å². The smallest absolute Gasteiger partial charge is 0.0849 e. The van der Waals surface area contributed by atoms with Crippen LogP contribution in [0, 0.1) is 0 Å². The zero-order valence-electron chi connectivity index (χ0n) is 6.24. The zero-order chi connectivity index (χ0) is 7.40. The maximum absolute atomic E-state index is 4.88. The summed E-state index contributed by atoms with van der Waals surface area (Å²) in [4.78, 5) is 0. The average molecular weight is 141 g/mol. The van der Waals surface area contributed by atoms with Crippen LogP contribution < -0.4 is 0 Å². The molecule has 0 bridgehead atoms. The number of ether oxygens (including phenoxy) is 1. The molecule has 0 aliphatic heterocycles. The lowest BCUT2D eigenvalue weighted by molar-refractivity contribution is 0.201. The molecule has 1 rings (SSSR count). The Morgan fingerprint density at radius 2 is 2.50 bits per heavy atom. The molecule has 56 valence electrons. The molecule has 4 nitrogen and oxygen atoms in total. The lowest BCUT2D eigenvalue weighted by atomic mass is 10.3. The summed E-state index contributed by atoms with van der Waals surface area (Å²) in [6.45, 7) is 0.707. The van der Waals surface area contributed by atoms with E-state index in [2.05, 4.69) is 10.3 Å². The van der Waals surface area contributed by atoms with Gasteiger partial charge in [-0.15, -0.1) is 5.10 Å². The minimum absolute atomic E-state index is 0.707. The summed E-state index contributed by atoms with van der Waals surface area (Å²) in [5.74, 6) is 0. The predicted molar refractivity (Wildman–Crippen MR) is 36.6 cm³/mol. The normalized spacial score (nSPS) is 10.2. The molecule has 0 fully saturated rings. The van der Waals surface area contributed by atoms with Crippen LogP contribution in [0.5, 0.6) is 0 Å². The summed E-state index contributed by atoms with van der Waals surface area (Å²) >= 11 is 0. The third kappa shape index (κ3) is 1.80. The fourth-order valence-electron chi connectivity index (χ4n) is 0.716. The van der Waals surface area contributed by atoms with E-state index in [-0.39, 0.29) is 0 Å². The van der Waals surface area contributed by atoms with E-state index in [0.29, 0.717) is 6.61 Å². The number of rotatable bonds is 3. The van der Waals surface area contributed by atoms with Gasteiger partial charge in [-0.2, -0.15) is 0 Å². The molecule has 0 atom stereocenters. The maximum Gasteiger partial charge on any atom is 0.0849 e. The van der Waals surface area contributed by atoms with Gasteiger partial charge in [-0.3, -0.25) is 4.68 Å². The van der Waals surface area contributed by atoms with Gasteiger partial charge in [-0.25, -0.2) is 0 Å². The quantitative estimate of drug-likeness (QED) is 0.595. The Hall–Kier alpha value is -0.900. The van der Waals surface area contributed by atoms with E-state index in [4.69, 9.17) is 4.74 Å². The lowest BCUT2D eigenvalue weighted by Gasteiger charge is -1.91. The van der Waals surface area contributed by atoms with Crippen LogP contribution in [0.4, 0.5) is 0 Å². The zero-order valence-corrected chi connectivity index (χ0v) is 6.24. The first-order valence-corrected chi connectivity index (χ1v) is 3.17. The molecule has 1 heterocycles. The molecule has 1 aromatic rings. The largest absolute Gasteiger partial charge is 0.384 e. The van der Waals surface area contributed by atoms with Crippen LogP contribution in [0.2, 0.25) is 0 Å². The summed E-state index contributed by atoms with van der Waals surface area (Å²) < 4.78 is 6.56. The van der Waals surface area contributed by atoms with Crippen molar-refractivity contribution in [3.05, 3.63) is 11.9 Å². The van der Waals surface area contributed by atoms with Crippen molar-refractivity contribution in [1.82, 2.24) is 15.0 Å². The molecule has 0 spiro atoms. The Labute approximate surface area is 59.8 Å². The van der Waals surface area contributed by atoms with E-state index in [1.54, 1.807) is 11.8 Å². The summed E-state index contributed by atoms with van der Waals surface area (Å²) in [5.41, 5.74) is 0.976. The Kier molecular flexibility index (Phi) is 2.39. The van der Waals surface area contributed by atoms with Crippen LogP contribution in [0.15, 0.2) is 6.20 Å². The number of nitrogens with zero attached hydrogens (tertiary/aromatic N) is 3. The van der Waals surface area contributed by atoms with E-state index in [1.165, 1.54) is 0 Å². The molecule has 0 radical (unpaired) electrons. The third-order valence-electron chi connectivity index (χ3n) is 1.21. The van der Waals surface area contributed by atoms with Crippen molar-refractivity contribution in [3.8, 4) is 0 Å². The molecular formula is C6H11N3O. The molecule has 0 saturated heterocycles. The van der Waals surface area contributed by atoms with E-state index < -0.39 is 0 Å². The van der Waals surface area contributed by atoms with Crippen molar-refractivity contribution in [2.75, 3.05) is 13.7 Å². The van der Waals surface area contributed by atoms with Gasteiger partial charge in [0.25, 0.3) is 0 Å². The molecule has 0 aliphatic carbocycles. The summed E-state index contributed by atoms with van der Waals surface area (Å²) in [5, 5.41) is 7.67. The van der Waals surface area contributed by atoms with Gasteiger partial charge in [0.15, 0.2) is 0 Å². The van der Waals surface area contributed by atoms with Gasteiger partial charge < -0.3 is 4.74 Å². The van der Waals surface area contributed by atoms with Crippen LogP contribution in [0.25, 0.3) is 0 Å². The number of hydrogen-bond donors (Lipinski definition) is 0. The topological polar surface area (TPSA) is 39.9 Å². The maximum atomic E-state index is 4.88. The molecule has 1 aromatic heterocycles. The standard InChI is InChI=1S/C6H11N3O/c1-9-5-6(7-8-9)3-4-10-2/h5H,3-4H2,1-2H3. The molecule has 0 N–H and O–H groups in total. The van der Waals surface area contributed by atoms with Crippen molar-refractivity contribution in [2.45, 2.75) is 6.42 Å². The van der Waals surface area contributed by atoms with Crippen molar-refractivity contribution in [3.63, 3.8) is 0 Å². The highest BCUT2D eigenvalue weighted by atomic mass is 16.5. The fraction of sp³-hybridized carbons (Fsp3) is 0.667.